The van der Waals surface area contributed by atoms with Gasteiger partial charge in [0.05, 0.1) is 9.95 Å². The first-order chi connectivity index (χ1) is 9.88. The second-order valence-electron chi connectivity index (χ2n) is 4.03. The van der Waals surface area contributed by atoms with Crippen LogP contribution >= 0.6 is 27.5 Å². The minimum absolute atomic E-state index is 0.0701. The van der Waals surface area contributed by atoms with Crippen molar-refractivity contribution in [1.29, 1.82) is 5.41 Å². The highest BCUT2D eigenvalue weighted by atomic mass is 79.9. The standard InChI is InChI=1S/C13H9BrClN3O3/c14-8-2-4-12(10(6-8)18(19)20)21-11-3-1-7(13(16)17)5-9(11)15/h1-6H,(H3,16,17). The van der Waals surface area contributed by atoms with Crippen LogP contribution in [0.3, 0.4) is 0 Å². The van der Waals surface area contributed by atoms with Crippen LogP contribution in [-0.4, -0.2) is 10.8 Å². The first kappa shape index (κ1) is 15.3. The largest absolute Gasteiger partial charge is 0.449 e. The minimum atomic E-state index is -0.544. The number of rotatable bonds is 4. The maximum atomic E-state index is 11.0. The van der Waals surface area contributed by atoms with Gasteiger partial charge in [0, 0.05) is 16.1 Å². The summed E-state index contributed by atoms with van der Waals surface area (Å²) in [4.78, 5) is 10.5. The number of nitrogens with one attached hydrogen (secondary N) is 1. The molecule has 6 nitrogen and oxygen atoms in total. The summed E-state index contributed by atoms with van der Waals surface area (Å²) in [5.74, 6) is 0.186. The first-order valence-corrected chi connectivity index (χ1v) is 6.81. The molecule has 8 heteroatoms. The fourth-order valence-electron chi connectivity index (χ4n) is 1.59. The number of nitrogens with zero attached hydrogens (tertiary/aromatic N) is 1. The third-order valence-electron chi connectivity index (χ3n) is 2.58. The Bertz CT molecular complexity index is 737. The molecule has 0 aromatic heterocycles. The van der Waals surface area contributed by atoms with E-state index in [0.717, 1.165) is 0 Å². The molecule has 0 aliphatic carbocycles. The fourth-order valence-corrected chi connectivity index (χ4v) is 2.16. The van der Waals surface area contributed by atoms with E-state index in [1.165, 1.54) is 24.3 Å². The smallest absolute Gasteiger partial charge is 0.312 e. The third-order valence-corrected chi connectivity index (χ3v) is 3.37. The first-order valence-electron chi connectivity index (χ1n) is 5.64. The number of halogens is 2. The SMILES string of the molecule is N=C(N)c1ccc(Oc2ccc(Br)cc2[N+](=O)[O-])c(Cl)c1. The lowest BCUT2D eigenvalue weighted by Crippen LogP contribution is -2.10. The second-order valence-corrected chi connectivity index (χ2v) is 5.35. The van der Waals surface area contributed by atoms with Crippen LogP contribution in [0.15, 0.2) is 40.9 Å². The van der Waals surface area contributed by atoms with Crippen molar-refractivity contribution < 1.29 is 9.66 Å². The Morgan fingerprint density at radius 2 is 1.95 bits per heavy atom. The van der Waals surface area contributed by atoms with E-state index in [0.29, 0.717) is 10.0 Å². The van der Waals surface area contributed by atoms with E-state index in [4.69, 9.17) is 27.5 Å². The Morgan fingerprint density at radius 1 is 1.29 bits per heavy atom. The molecule has 0 saturated carbocycles. The molecule has 0 radical (unpaired) electrons. The van der Waals surface area contributed by atoms with E-state index in [9.17, 15) is 10.1 Å². The van der Waals surface area contributed by atoms with E-state index >= 15 is 0 Å². The number of amidine groups is 1. The predicted octanol–water partition coefficient (Wildman–Crippen LogP) is 4.09. The summed E-state index contributed by atoms with van der Waals surface area (Å²) >= 11 is 9.20. The molecular weight excluding hydrogens is 362 g/mol. The Labute approximate surface area is 133 Å². The van der Waals surface area contributed by atoms with E-state index in [1.807, 2.05) is 0 Å². The van der Waals surface area contributed by atoms with Crippen molar-refractivity contribution in [2.45, 2.75) is 0 Å². The van der Waals surface area contributed by atoms with Crippen molar-refractivity contribution in [3.63, 3.8) is 0 Å². The van der Waals surface area contributed by atoms with Gasteiger partial charge in [0.2, 0.25) is 5.75 Å². The molecule has 0 amide bonds. The minimum Gasteiger partial charge on any atom is -0.449 e. The summed E-state index contributed by atoms with van der Waals surface area (Å²) in [5, 5.41) is 18.5. The van der Waals surface area contributed by atoms with Crippen molar-refractivity contribution in [3.05, 3.63) is 61.6 Å². The van der Waals surface area contributed by atoms with Crippen LogP contribution in [0.4, 0.5) is 5.69 Å². The molecule has 21 heavy (non-hydrogen) atoms. The maximum Gasteiger partial charge on any atom is 0.312 e. The quantitative estimate of drug-likeness (QED) is 0.366. The van der Waals surface area contributed by atoms with Gasteiger partial charge in [-0.2, -0.15) is 0 Å². The summed E-state index contributed by atoms with van der Waals surface area (Å²) in [6.07, 6.45) is 0. The van der Waals surface area contributed by atoms with E-state index in [1.54, 1.807) is 12.1 Å². The van der Waals surface area contributed by atoms with E-state index in [-0.39, 0.29) is 28.0 Å². The van der Waals surface area contributed by atoms with Gasteiger partial charge in [-0.3, -0.25) is 15.5 Å². The lowest BCUT2D eigenvalue weighted by molar-refractivity contribution is -0.385. The molecule has 0 aliphatic heterocycles. The zero-order chi connectivity index (χ0) is 15.6. The molecule has 2 aromatic rings. The molecule has 0 fully saturated rings. The molecule has 0 saturated heterocycles. The van der Waals surface area contributed by atoms with Crippen molar-refractivity contribution in [2.75, 3.05) is 0 Å². The fraction of sp³-hybridized carbons (Fsp3) is 0. The number of benzene rings is 2. The molecule has 0 atom stereocenters. The van der Waals surface area contributed by atoms with Crippen LogP contribution in [-0.2, 0) is 0 Å². The normalized spacial score (nSPS) is 10.2. The van der Waals surface area contributed by atoms with Crippen LogP contribution in [0.2, 0.25) is 5.02 Å². The van der Waals surface area contributed by atoms with Crippen molar-refractivity contribution in [1.82, 2.24) is 0 Å². The summed E-state index contributed by atoms with van der Waals surface area (Å²) in [6.45, 7) is 0. The van der Waals surface area contributed by atoms with Gasteiger partial charge in [-0.25, -0.2) is 0 Å². The zero-order valence-corrected chi connectivity index (χ0v) is 12.8. The molecule has 0 unspecified atom stereocenters. The molecule has 0 heterocycles. The van der Waals surface area contributed by atoms with Crippen LogP contribution in [0.1, 0.15) is 5.56 Å². The Hall–Kier alpha value is -2.12. The van der Waals surface area contributed by atoms with E-state index in [2.05, 4.69) is 15.9 Å². The maximum absolute atomic E-state index is 11.0. The van der Waals surface area contributed by atoms with Gasteiger partial charge in [0.25, 0.3) is 0 Å². The molecule has 0 spiro atoms. The summed E-state index contributed by atoms with van der Waals surface area (Å²) in [7, 11) is 0. The van der Waals surface area contributed by atoms with E-state index < -0.39 is 4.92 Å². The lowest BCUT2D eigenvalue weighted by Gasteiger charge is -2.09. The Balaban J connectivity index is 2.39. The lowest BCUT2D eigenvalue weighted by atomic mass is 10.2. The summed E-state index contributed by atoms with van der Waals surface area (Å²) in [5.41, 5.74) is 5.61. The van der Waals surface area contributed by atoms with Crippen molar-refractivity contribution in [3.8, 4) is 11.5 Å². The van der Waals surface area contributed by atoms with Gasteiger partial charge in [-0.15, -0.1) is 0 Å². The number of ether oxygens (including phenoxy) is 1. The Morgan fingerprint density at radius 3 is 2.52 bits per heavy atom. The number of nitro benzene ring substituents is 1. The molecule has 2 rings (SSSR count). The highest BCUT2D eigenvalue weighted by molar-refractivity contribution is 9.10. The van der Waals surface area contributed by atoms with Gasteiger partial charge in [-0.1, -0.05) is 27.5 Å². The number of nitrogen functional groups attached to an aromatic ring is 1. The summed E-state index contributed by atoms with van der Waals surface area (Å²) < 4.78 is 6.05. The van der Waals surface area contributed by atoms with Gasteiger partial charge in [0.15, 0.2) is 0 Å². The van der Waals surface area contributed by atoms with Crippen molar-refractivity contribution >= 4 is 39.1 Å². The number of hydrogen-bond donors (Lipinski definition) is 2. The molecule has 2 aromatic carbocycles. The third kappa shape index (κ3) is 3.50. The molecular formula is C13H9BrClN3O3. The van der Waals surface area contributed by atoms with Gasteiger partial charge in [-0.05, 0) is 30.3 Å². The van der Waals surface area contributed by atoms with Crippen LogP contribution in [0, 0.1) is 15.5 Å². The number of hydrogen-bond acceptors (Lipinski definition) is 4. The van der Waals surface area contributed by atoms with Crippen LogP contribution in [0.5, 0.6) is 11.5 Å². The van der Waals surface area contributed by atoms with Crippen LogP contribution in [0.25, 0.3) is 0 Å². The monoisotopic (exact) mass is 369 g/mol. The molecule has 0 aliphatic rings. The molecule has 108 valence electrons. The zero-order valence-electron chi connectivity index (χ0n) is 10.5. The highest BCUT2D eigenvalue weighted by Crippen LogP contribution is 2.36. The summed E-state index contributed by atoms with van der Waals surface area (Å²) in [6, 6.07) is 8.95. The van der Waals surface area contributed by atoms with Gasteiger partial charge >= 0.3 is 5.69 Å². The van der Waals surface area contributed by atoms with Crippen LogP contribution < -0.4 is 10.5 Å². The number of nitro groups is 1. The van der Waals surface area contributed by atoms with Gasteiger partial charge < -0.3 is 10.5 Å². The van der Waals surface area contributed by atoms with Crippen molar-refractivity contribution in [2.24, 2.45) is 5.73 Å². The Kier molecular flexibility index (Phi) is 4.44. The second kappa shape index (κ2) is 6.11. The topological polar surface area (TPSA) is 102 Å². The number of nitrogens with two attached hydrogens (primary N) is 1. The molecule has 0 bridgehead atoms. The highest BCUT2D eigenvalue weighted by Gasteiger charge is 2.17. The average molecular weight is 371 g/mol. The predicted molar refractivity (Wildman–Crippen MR) is 83.3 cm³/mol. The average Bonchev–Trinajstić information content (AvgIpc) is 2.42. The molecule has 3 N–H and O–H groups in total. The van der Waals surface area contributed by atoms with Gasteiger partial charge in [0.1, 0.15) is 11.6 Å².